The SMILES string of the molecule is O=C(c1cnn(-c2ccccc2)n1)N1CCCC1Cn1nc2c(cc1=O)CCC2. The lowest BCUT2D eigenvalue weighted by atomic mass is 10.2. The van der Waals surface area contributed by atoms with E-state index in [4.69, 9.17) is 0 Å². The Bertz CT molecular complexity index is 1100. The standard InChI is InChI=1S/C21H22N6O2/c28-20-12-15-6-4-10-18(15)23-26(20)14-17-9-5-11-25(17)21(29)19-13-22-27(24-19)16-7-2-1-3-8-16/h1-3,7-8,12-13,17H,4-6,9-11,14H2. The largest absolute Gasteiger partial charge is 0.332 e. The highest BCUT2D eigenvalue weighted by Gasteiger charge is 2.32. The third-order valence-electron chi connectivity index (χ3n) is 5.74. The molecule has 0 saturated carbocycles. The van der Waals surface area contributed by atoms with Gasteiger partial charge in [-0.05, 0) is 49.8 Å². The van der Waals surface area contributed by atoms with Crippen molar-refractivity contribution in [3.63, 3.8) is 0 Å². The fraction of sp³-hybridized carbons (Fsp3) is 0.381. The topological polar surface area (TPSA) is 85.9 Å². The number of para-hydroxylation sites is 1. The molecule has 1 aromatic carbocycles. The molecule has 1 aliphatic heterocycles. The van der Waals surface area contributed by atoms with Gasteiger partial charge in [0.1, 0.15) is 0 Å². The van der Waals surface area contributed by atoms with Crippen molar-refractivity contribution >= 4 is 5.91 Å². The highest BCUT2D eigenvalue weighted by molar-refractivity contribution is 5.92. The van der Waals surface area contributed by atoms with Crippen LogP contribution >= 0.6 is 0 Å². The number of aromatic nitrogens is 5. The average Bonchev–Trinajstić information content (AvgIpc) is 3.49. The first kappa shape index (κ1) is 17.8. The molecule has 2 aromatic heterocycles. The van der Waals surface area contributed by atoms with Crippen LogP contribution < -0.4 is 5.56 Å². The zero-order valence-corrected chi connectivity index (χ0v) is 16.1. The summed E-state index contributed by atoms with van der Waals surface area (Å²) in [6.45, 7) is 1.08. The quantitative estimate of drug-likeness (QED) is 0.676. The number of rotatable bonds is 4. The van der Waals surface area contributed by atoms with E-state index in [-0.39, 0.29) is 17.5 Å². The van der Waals surface area contributed by atoms with Crippen LogP contribution in [-0.4, -0.2) is 48.2 Å². The van der Waals surface area contributed by atoms with Gasteiger partial charge in [0.25, 0.3) is 11.5 Å². The third kappa shape index (κ3) is 3.35. The van der Waals surface area contributed by atoms with E-state index >= 15 is 0 Å². The minimum absolute atomic E-state index is 0.0611. The minimum Gasteiger partial charge on any atom is -0.332 e. The molecule has 148 valence electrons. The van der Waals surface area contributed by atoms with Gasteiger partial charge in [0.2, 0.25) is 0 Å². The molecule has 1 aliphatic carbocycles. The summed E-state index contributed by atoms with van der Waals surface area (Å²) in [4.78, 5) is 28.8. The van der Waals surface area contributed by atoms with E-state index in [1.807, 2.05) is 30.3 Å². The van der Waals surface area contributed by atoms with E-state index in [2.05, 4.69) is 15.3 Å². The first-order valence-corrected chi connectivity index (χ1v) is 10.1. The Kier molecular flexibility index (Phi) is 4.46. The maximum Gasteiger partial charge on any atom is 0.276 e. The van der Waals surface area contributed by atoms with Crippen LogP contribution in [0.3, 0.4) is 0 Å². The lowest BCUT2D eigenvalue weighted by Crippen LogP contribution is -2.41. The second-order valence-corrected chi connectivity index (χ2v) is 7.64. The zero-order valence-electron chi connectivity index (χ0n) is 16.1. The summed E-state index contributed by atoms with van der Waals surface area (Å²) in [7, 11) is 0. The number of likely N-dealkylation sites (tertiary alicyclic amines) is 1. The number of fused-ring (bicyclic) bond motifs is 1. The molecule has 2 aliphatic rings. The normalized spacial score (nSPS) is 18.2. The Morgan fingerprint density at radius 2 is 1.97 bits per heavy atom. The van der Waals surface area contributed by atoms with Crippen molar-refractivity contribution in [3.05, 3.63) is 69.9 Å². The third-order valence-corrected chi connectivity index (χ3v) is 5.74. The van der Waals surface area contributed by atoms with Gasteiger partial charge in [-0.1, -0.05) is 18.2 Å². The zero-order chi connectivity index (χ0) is 19.8. The number of aryl methyl sites for hydroxylation is 2. The molecule has 29 heavy (non-hydrogen) atoms. The van der Waals surface area contributed by atoms with Gasteiger partial charge >= 0.3 is 0 Å². The fourth-order valence-electron chi connectivity index (χ4n) is 4.26. The monoisotopic (exact) mass is 390 g/mol. The molecule has 0 bridgehead atoms. The first-order valence-electron chi connectivity index (χ1n) is 10.1. The molecule has 5 rings (SSSR count). The molecule has 3 heterocycles. The van der Waals surface area contributed by atoms with Crippen LogP contribution in [0.25, 0.3) is 5.69 Å². The minimum atomic E-state index is -0.149. The molecule has 8 nitrogen and oxygen atoms in total. The molecule has 8 heteroatoms. The van der Waals surface area contributed by atoms with Gasteiger partial charge < -0.3 is 4.90 Å². The molecule has 0 radical (unpaired) electrons. The van der Waals surface area contributed by atoms with Crippen LogP contribution in [0.2, 0.25) is 0 Å². The van der Waals surface area contributed by atoms with E-state index in [0.29, 0.717) is 18.8 Å². The van der Waals surface area contributed by atoms with Gasteiger partial charge in [-0.3, -0.25) is 9.59 Å². The Labute approximate surface area is 167 Å². The molecular formula is C21H22N6O2. The van der Waals surface area contributed by atoms with E-state index in [0.717, 1.165) is 49.0 Å². The van der Waals surface area contributed by atoms with E-state index < -0.39 is 0 Å². The van der Waals surface area contributed by atoms with Crippen molar-refractivity contribution in [1.82, 2.24) is 29.7 Å². The van der Waals surface area contributed by atoms with Gasteiger partial charge in [-0.2, -0.15) is 15.0 Å². The van der Waals surface area contributed by atoms with Crippen LogP contribution in [0.4, 0.5) is 0 Å². The van der Waals surface area contributed by atoms with Crippen molar-refractivity contribution in [2.75, 3.05) is 6.54 Å². The van der Waals surface area contributed by atoms with Gasteiger partial charge in [-0.25, -0.2) is 4.68 Å². The van der Waals surface area contributed by atoms with Crippen molar-refractivity contribution in [1.29, 1.82) is 0 Å². The Balaban J connectivity index is 1.35. The highest BCUT2D eigenvalue weighted by atomic mass is 16.2. The van der Waals surface area contributed by atoms with Gasteiger partial charge in [-0.15, -0.1) is 5.10 Å². The summed E-state index contributed by atoms with van der Waals surface area (Å²) in [5.74, 6) is -0.149. The molecule has 1 saturated heterocycles. The van der Waals surface area contributed by atoms with Gasteiger partial charge in [0.05, 0.1) is 30.2 Å². The Morgan fingerprint density at radius 3 is 2.83 bits per heavy atom. The van der Waals surface area contributed by atoms with Crippen molar-refractivity contribution in [3.8, 4) is 5.69 Å². The van der Waals surface area contributed by atoms with Gasteiger partial charge in [0.15, 0.2) is 5.69 Å². The molecule has 3 aromatic rings. The van der Waals surface area contributed by atoms with E-state index in [1.54, 1.807) is 11.0 Å². The number of carbonyl (C=O) groups is 1. The van der Waals surface area contributed by atoms with E-state index in [1.165, 1.54) is 15.7 Å². The van der Waals surface area contributed by atoms with Crippen LogP contribution in [-0.2, 0) is 19.4 Å². The molecule has 0 spiro atoms. The maximum atomic E-state index is 13.1. The maximum absolute atomic E-state index is 13.1. The summed E-state index contributed by atoms with van der Waals surface area (Å²) in [6, 6.07) is 11.1. The van der Waals surface area contributed by atoms with E-state index in [9.17, 15) is 9.59 Å². The van der Waals surface area contributed by atoms with Crippen molar-refractivity contribution < 1.29 is 4.79 Å². The number of benzene rings is 1. The number of amides is 1. The van der Waals surface area contributed by atoms with Crippen molar-refractivity contribution in [2.45, 2.75) is 44.7 Å². The smallest absolute Gasteiger partial charge is 0.276 e. The summed E-state index contributed by atoms with van der Waals surface area (Å²) in [6.07, 6.45) is 6.17. The molecule has 1 amide bonds. The summed E-state index contributed by atoms with van der Waals surface area (Å²) in [5.41, 5.74) is 3.13. The van der Waals surface area contributed by atoms with Gasteiger partial charge in [0, 0.05) is 12.6 Å². The van der Waals surface area contributed by atoms with Crippen LogP contribution in [0.15, 0.2) is 47.4 Å². The average molecular weight is 390 g/mol. The second-order valence-electron chi connectivity index (χ2n) is 7.64. The predicted molar refractivity (Wildman–Crippen MR) is 106 cm³/mol. The van der Waals surface area contributed by atoms with Crippen LogP contribution in [0.5, 0.6) is 0 Å². The highest BCUT2D eigenvalue weighted by Crippen LogP contribution is 2.22. The molecular weight excluding hydrogens is 368 g/mol. The fourth-order valence-corrected chi connectivity index (χ4v) is 4.26. The predicted octanol–water partition coefficient (Wildman–Crippen LogP) is 1.62. The molecule has 0 N–H and O–H groups in total. The number of hydrogen-bond donors (Lipinski definition) is 0. The number of carbonyl (C=O) groups excluding carboxylic acids is 1. The number of hydrogen-bond acceptors (Lipinski definition) is 5. The first-order chi connectivity index (χ1) is 14.2. The lowest BCUT2D eigenvalue weighted by molar-refractivity contribution is 0.0714. The summed E-state index contributed by atoms with van der Waals surface area (Å²) in [5, 5.41) is 13.2. The molecule has 1 unspecified atom stereocenters. The van der Waals surface area contributed by atoms with Crippen LogP contribution in [0, 0.1) is 0 Å². The second kappa shape index (κ2) is 7.27. The summed E-state index contributed by atoms with van der Waals surface area (Å²) >= 11 is 0. The van der Waals surface area contributed by atoms with Crippen LogP contribution in [0.1, 0.15) is 41.0 Å². The summed E-state index contributed by atoms with van der Waals surface area (Å²) < 4.78 is 1.53. The Morgan fingerprint density at radius 1 is 1.10 bits per heavy atom. The lowest BCUT2D eigenvalue weighted by Gasteiger charge is -2.24. The van der Waals surface area contributed by atoms with Crippen molar-refractivity contribution in [2.24, 2.45) is 0 Å². The Hall–Kier alpha value is -3.29. The molecule has 1 atom stereocenters. The molecule has 1 fully saturated rings. The number of nitrogens with zero attached hydrogens (tertiary/aromatic N) is 6.